The van der Waals surface area contributed by atoms with Crippen molar-refractivity contribution in [1.82, 2.24) is 0 Å². The number of thiophene rings is 1. The van der Waals surface area contributed by atoms with E-state index >= 15 is 0 Å². The lowest BCUT2D eigenvalue weighted by Gasteiger charge is -2.03. The second kappa shape index (κ2) is 4.07. The molecule has 1 aromatic rings. The lowest BCUT2D eigenvalue weighted by Crippen LogP contribution is -2.21. The van der Waals surface area contributed by atoms with Crippen molar-refractivity contribution >= 4 is 22.9 Å². The van der Waals surface area contributed by atoms with Crippen molar-refractivity contribution in [1.29, 1.82) is 0 Å². The zero-order valence-corrected chi connectivity index (χ0v) is 7.53. The molecule has 0 aliphatic rings. The Morgan fingerprint density at radius 1 is 1.73 bits per heavy atom. The van der Waals surface area contributed by atoms with E-state index in [9.17, 15) is 0 Å². The van der Waals surface area contributed by atoms with Gasteiger partial charge >= 0.3 is 0 Å². The van der Waals surface area contributed by atoms with Crippen molar-refractivity contribution in [3.63, 3.8) is 0 Å². The molecule has 0 aromatic carbocycles. The Balaban J connectivity index is 2.50. The topological polar surface area (TPSA) is 46.2 Å². The molecule has 62 valence electrons. The van der Waals surface area contributed by atoms with E-state index in [1.807, 2.05) is 11.4 Å². The van der Waals surface area contributed by atoms with Crippen LogP contribution in [0.5, 0.6) is 0 Å². The van der Waals surface area contributed by atoms with E-state index in [0.29, 0.717) is 13.0 Å². The molecule has 1 rings (SSSR count). The van der Waals surface area contributed by atoms with Crippen LogP contribution in [-0.4, -0.2) is 17.8 Å². The van der Waals surface area contributed by atoms with Crippen LogP contribution in [-0.2, 0) is 6.42 Å². The lowest BCUT2D eigenvalue weighted by molar-refractivity contribution is 0.183. The monoisotopic (exact) mass is 191 g/mol. The van der Waals surface area contributed by atoms with Crippen molar-refractivity contribution < 1.29 is 5.11 Å². The predicted octanol–water partition coefficient (Wildman–Crippen LogP) is 1.26. The number of aliphatic hydroxyl groups excluding tert-OH is 1. The van der Waals surface area contributed by atoms with Crippen molar-refractivity contribution in [2.24, 2.45) is 5.73 Å². The summed E-state index contributed by atoms with van der Waals surface area (Å²) in [4.78, 5) is 0. The Hall–Kier alpha value is -0.0900. The molecule has 0 aliphatic heterocycles. The molecular weight excluding hydrogens is 182 g/mol. The molecule has 1 unspecified atom stereocenters. The summed E-state index contributed by atoms with van der Waals surface area (Å²) in [6, 6.07) is 1.85. The van der Waals surface area contributed by atoms with Gasteiger partial charge in [-0.2, -0.15) is 0 Å². The number of hydrogen-bond acceptors (Lipinski definition) is 3. The standard InChI is InChI=1S/C7H10ClNOS/c8-7-2-5(4-11-7)1-6(10)3-9/h2,4,6,10H,1,3,9H2. The van der Waals surface area contributed by atoms with Gasteiger partial charge in [0, 0.05) is 13.0 Å². The molecule has 0 amide bonds. The predicted molar refractivity (Wildman–Crippen MR) is 48.1 cm³/mol. The summed E-state index contributed by atoms with van der Waals surface area (Å²) in [6.45, 7) is 0.299. The second-order valence-corrected chi connectivity index (χ2v) is 3.90. The normalized spacial score (nSPS) is 13.4. The Morgan fingerprint density at radius 3 is 2.91 bits per heavy atom. The molecule has 0 fully saturated rings. The molecule has 4 heteroatoms. The van der Waals surface area contributed by atoms with Crippen LogP contribution in [0.4, 0.5) is 0 Å². The first-order chi connectivity index (χ1) is 5.22. The van der Waals surface area contributed by atoms with Gasteiger partial charge in [0.1, 0.15) is 0 Å². The van der Waals surface area contributed by atoms with Crippen LogP contribution in [0.1, 0.15) is 5.56 Å². The van der Waals surface area contributed by atoms with Gasteiger partial charge in [0.25, 0.3) is 0 Å². The number of halogens is 1. The molecule has 0 saturated heterocycles. The highest BCUT2D eigenvalue weighted by atomic mass is 35.5. The van der Waals surface area contributed by atoms with E-state index in [0.717, 1.165) is 9.90 Å². The molecule has 0 bridgehead atoms. The first-order valence-electron chi connectivity index (χ1n) is 3.33. The first kappa shape index (κ1) is 9.00. The molecule has 2 nitrogen and oxygen atoms in total. The van der Waals surface area contributed by atoms with Gasteiger partial charge in [0.05, 0.1) is 10.4 Å². The number of hydrogen-bond donors (Lipinski definition) is 2. The third-order valence-electron chi connectivity index (χ3n) is 1.37. The average Bonchev–Trinajstić information content (AvgIpc) is 2.35. The van der Waals surface area contributed by atoms with E-state index in [1.54, 1.807) is 0 Å². The maximum Gasteiger partial charge on any atom is 0.0931 e. The third kappa shape index (κ3) is 2.79. The summed E-state index contributed by atoms with van der Waals surface area (Å²) in [7, 11) is 0. The Kier molecular flexibility index (Phi) is 3.33. The zero-order chi connectivity index (χ0) is 8.27. The van der Waals surface area contributed by atoms with Crippen LogP contribution < -0.4 is 5.73 Å². The number of aliphatic hydroxyl groups is 1. The van der Waals surface area contributed by atoms with Crippen LogP contribution in [0.15, 0.2) is 11.4 Å². The van der Waals surface area contributed by atoms with Crippen LogP contribution in [0.25, 0.3) is 0 Å². The second-order valence-electron chi connectivity index (χ2n) is 2.35. The molecule has 0 radical (unpaired) electrons. The van der Waals surface area contributed by atoms with Gasteiger partial charge in [-0.1, -0.05) is 11.6 Å². The zero-order valence-electron chi connectivity index (χ0n) is 5.96. The fourth-order valence-electron chi connectivity index (χ4n) is 0.808. The van der Waals surface area contributed by atoms with Crippen LogP contribution in [0, 0.1) is 0 Å². The van der Waals surface area contributed by atoms with Gasteiger partial charge < -0.3 is 10.8 Å². The Bertz CT molecular complexity index is 226. The fourth-order valence-corrected chi connectivity index (χ4v) is 1.73. The molecular formula is C7H10ClNOS. The quantitative estimate of drug-likeness (QED) is 0.756. The lowest BCUT2D eigenvalue weighted by atomic mass is 10.1. The van der Waals surface area contributed by atoms with Crippen molar-refractivity contribution in [2.75, 3.05) is 6.54 Å². The molecule has 0 spiro atoms. The van der Waals surface area contributed by atoms with Crippen LogP contribution in [0.3, 0.4) is 0 Å². The number of rotatable bonds is 3. The van der Waals surface area contributed by atoms with Crippen LogP contribution in [0.2, 0.25) is 4.34 Å². The average molecular weight is 192 g/mol. The van der Waals surface area contributed by atoms with E-state index in [1.165, 1.54) is 11.3 Å². The van der Waals surface area contributed by atoms with Crippen LogP contribution >= 0.6 is 22.9 Å². The summed E-state index contributed by atoms with van der Waals surface area (Å²) in [5, 5.41) is 11.1. The van der Waals surface area contributed by atoms with Gasteiger partial charge in [0.2, 0.25) is 0 Å². The largest absolute Gasteiger partial charge is 0.391 e. The summed E-state index contributed by atoms with van der Waals surface area (Å²) < 4.78 is 0.754. The maximum absolute atomic E-state index is 9.16. The highest BCUT2D eigenvalue weighted by Crippen LogP contribution is 2.20. The third-order valence-corrected chi connectivity index (χ3v) is 2.51. The summed E-state index contributed by atoms with van der Waals surface area (Å²) >= 11 is 7.16. The molecule has 3 N–H and O–H groups in total. The molecule has 1 heterocycles. The highest BCUT2D eigenvalue weighted by Gasteiger charge is 2.04. The molecule has 1 aromatic heterocycles. The van der Waals surface area contributed by atoms with Crippen molar-refractivity contribution in [3.8, 4) is 0 Å². The smallest absolute Gasteiger partial charge is 0.0931 e. The van der Waals surface area contributed by atoms with E-state index in [4.69, 9.17) is 22.4 Å². The Morgan fingerprint density at radius 2 is 2.45 bits per heavy atom. The van der Waals surface area contributed by atoms with Gasteiger partial charge in [-0.25, -0.2) is 0 Å². The minimum Gasteiger partial charge on any atom is -0.391 e. The minimum absolute atomic E-state index is 0.299. The minimum atomic E-state index is -0.444. The van der Waals surface area contributed by atoms with Crippen molar-refractivity contribution in [2.45, 2.75) is 12.5 Å². The maximum atomic E-state index is 9.16. The first-order valence-corrected chi connectivity index (χ1v) is 4.59. The molecule has 0 aliphatic carbocycles. The molecule has 1 atom stereocenters. The molecule has 11 heavy (non-hydrogen) atoms. The van der Waals surface area contributed by atoms with Crippen molar-refractivity contribution in [3.05, 3.63) is 21.3 Å². The summed E-state index contributed by atoms with van der Waals surface area (Å²) in [5.41, 5.74) is 6.30. The van der Waals surface area contributed by atoms with E-state index in [2.05, 4.69) is 0 Å². The number of nitrogens with two attached hydrogens (primary N) is 1. The summed E-state index contributed by atoms with van der Waals surface area (Å²) in [5.74, 6) is 0. The van der Waals surface area contributed by atoms with E-state index in [-0.39, 0.29) is 0 Å². The molecule has 0 saturated carbocycles. The fraction of sp³-hybridized carbons (Fsp3) is 0.429. The van der Waals surface area contributed by atoms with Gasteiger partial charge in [-0.15, -0.1) is 11.3 Å². The SMILES string of the molecule is NCC(O)Cc1csc(Cl)c1. The Labute approximate surface area is 74.6 Å². The van der Waals surface area contributed by atoms with Gasteiger partial charge in [-0.3, -0.25) is 0 Å². The highest BCUT2D eigenvalue weighted by molar-refractivity contribution is 7.14. The van der Waals surface area contributed by atoms with Gasteiger partial charge in [0.15, 0.2) is 0 Å². The summed E-state index contributed by atoms with van der Waals surface area (Å²) in [6.07, 6.45) is 0.153. The van der Waals surface area contributed by atoms with E-state index < -0.39 is 6.10 Å². The van der Waals surface area contributed by atoms with Gasteiger partial charge in [-0.05, 0) is 17.0 Å².